The summed E-state index contributed by atoms with van der Waals surface area (Å²) in [5, 5.41) is 27.0. The lowest BCUT2D eigenvalue weighted by Gasteiger charge is -2.22. The van der Waals surface area contributed by atoms with E-state index in [9.17, 15) is 9.65 Å². The highest BCUT2D eigenvalue weighted by atomic mass is 35.5. The molecule has 0 radical (unpaired) electrons. The van der Waals surface area contributed by atoms with Crippen LogP contribution in [0.1, 0.15) is 47.8 Å². The molecule has 0 fully saturated rings. The summed E-state index contributed by atoms with van der Waals surface area (Å²) >= 11 is 6.80. The highest BCUT2D eigenvalue weighted by molar-refractivity contribution is 6.35. The second-order valence-electron chi connectivity index (χ2n) is 10.1. The van der Waals surface area contributed by atoms with E-state index < -0.39 is 6.04 Å². The van der Waals surface area contributed by atoms with Crippen molar-refractivity contribution in [1.29, 1.82) is 5.26 Å². The molecule has 212 valence electrons. The molecule has 0 saturated heterocycles. The van der Waals surface area contributed by atoms with Gasteiger partial charge in [0.1, 0.15) is 17.6 Å². The quantitative estimate of drug-likeness (QED) is 0.177. The zero-order valence-electron chi connectivity index (χ0n) is 23.2. The number of nitriles is 1. The predicted molar refractivity (Wildman–Crippen MR) is 168 cm³/mol. The van der Waals surface area contributed by atoms with E-state index in [0.29, 0.717) is 38.6 Å². The fraction of sp³-hybridized carbons (Fsp3) is 0.118. The zero-order valence-corrected chi connectivity index (χ0v) is 24.0. The molecule has 2 N–H and O–H groups in total. The Balaban J connectivity index is 1.43. The van der Waals surface area contributed by atoms with E-state index in [1.54, 1.807) is 29.1 Å². The lowest BCUT2D eigenvalue weighted by Crippen LogP contribution is -2.14. The van der Waals surface area contributed by atoms with Crippen molar-refractivity contribution in [3.05, 3.63) is 143 Å². The van der Waals surface area contributed by atoms with Gasteiger partial charge in [0.15, 0.2) is 0 Å². The molecule has 7 nitrogen and oxygen atoms in total. The number of aromatic nitrogens is 4. The molecule has 0 saturated carbocycles. The minimum absolute atomic E-state index is 0.0331. The Labute approximate surface area is 253 Å². The number of hydrogen-bond acceptors (Lipinski definition) is 6. The molecular formula is C34H27ClFN7. The second-order valence-corrected chi connectivity index (χ2v) is 10.5. The Morgan fingerprint density at radius 1 is 0.930 bits per heavy atom. The van der Waals surface area contributed by atoms with Gasteiger partial charge in [0.25, 0.3) is 0 Å². The first-order valence-electron chi connectivity index (χ1n) is 13.9. The van der Waals surface area contributed by atoms with Crippen molar-refractivity contribution < 1.29 is 4.39 Å². The van der Waals surface area contributed by atoms with Crippen molar-refractivity contribution in [3.8, 4) is 11.8 Å². The monoisotopic (exact) mass is 587 g/mol. The molecule has 0 amide bonds. The topological polar surface area (TPSA) is 91.5 Å². The second kappa shape index (κ2) is 12.3. The van der Waals surface area contributed by atoms with Gasteiger partial charge in [-0.25, -0.2) is 9.07 Å². The predicted octanol–water partition coefficient (Wildman–Crippen LogP) is 8.24. The fourth-order valence-electron chi connectivity index (χ4n) is 5.13. The van der Waals surface area contributed by atoms with Crippen molar-refractivity contribution in [2.24, 2.45) is 0 Å². The molecule has 6 aromatic rings. The third-order valence-electron chi connectivity index (χ3n) is 7.32. The van der Waals surface area contributed by atoms with E-state index >= 15 is 0 Å². The van der Waals surface area contributed by atoms with Crippen LogP contribution in [0.5, 0.6) is 0 Å². The average molecular weight is 588 g/mol. The molecule has 0 aliphatic rings. The number of benzene rings is 4. The molecule has 9 heteroatoms. The van der Waals surface area contributed by atoms with Crippen molar-refractivity contribution in [1.82, 2.24) is 20.0 Å². The van der Waals surface area contributed by atoms with Gasteiger partial charge in [-0.1, -0.05) is 84.4 Å². The molecule has 43 heavy (non-hydrogen) atoms. The van der Waals surface area contributed by atoms with Crippen LogP contribution < -0.4 is 10.6 Å². The maximum Gasteiger partial charge on any atom is 0.123 e. The van der Waals surface area contributed by atoms with Crippen molar-refractivity contribution in [2.45, 2.75) is 25.4 Å². The molecule has 2 aromatic heterocycles. The van der Waals surface area contributed by atoms with Gasteiger partial charge < -0.3 is 10.6 Å². The number of nitrogens with zero attached hydrogens (tertiary/aromatic N) is 5. The summed E-state index contributed by atoms with van der Waals surface area (Å²) in [5.74, 6) is -0.334. The fourth-order valence-corrected chi connectivity index (χ4v) is 5.40. The lowest BCUT2D eigenvalue weighted by atomic mass is 10.0. The summed E-state index contributed by atoms with van der Waals surface area (Å²) in [6, 6.07) is 31.5. The minimum atomic E-state index is -0.484. The van der Waals surface area contributed by atoms with Crippen LogP contribution in [0.4, 0.5) is 15.8 Å². The normalized spacial score (nSPS) is 12.4. The van der Waals surface area contributed by atoms with Crippen LogP contribution in [0, 0.1) is 17.1 Å². The van der Waals surface area contributed by atoms with E-state index in [4.69, 9.17) is 11.6 Å². The van der Waals surface area contributed by atoms with Gasteiger partial charge in [-0.3, -0.25) is 4.98 Å². The minimum Gasteiger partial charge on any atom is -0.377 e. The van der Waals surface area contributed by atoms with Crippen molar-refractivity contribution >= 4 is 33.9 Å². The molecule has 0 spiro atoms. The molecule has 0 aliphatic carbocycles. The number of rotatable bonds is 9. The first-order chi connectivity index (χ1) is 21.0. The van der Waals surface area contributed by atoms with Gasteiger partial charge in [0, 0.05) is 17.3 Å². The summed E-state index contributed by atoms with van der Waals surface area (Å²) in [6.07, 6.45) is 4.19. The van der Waals surface area contributed by atoms with E-state index in [2.05, 4.69) is 51.1 Å². The highest BCUT2D eigenvalue weighted by Gasteiger charge is 2.21. The van der Waals surface area contributed by atoms with Crippen LogP contribution in [0.25, 0.3) is 16.6 Å². The number of fused-ring (bicyclic) bond motifs is 1. The number of pyridine rings is 1. The SMILES string of the molecule is CC[C@@H](Nc1c(C#N)cnc2c(Cl)cc(N[C@@H](c3ccc(F)cc3)c3cn(-c4ccccc4)nn3)cc12)c1ccccc1. The molecule has 2 heterocycles. The molecule has 0 aliphatic heterocycles. The van der Waals surface area contributed by atoms with Crippen LogP contribution >= 0.6 is 11.6 Å². The Kier molecular flexibility index (Phi) is 7.98. The Morgan fingerprint density at radius 2 is 1.65 bits per heavy atom. The largest absolute Gasteiger partial charge is 0.377 e. The van der Waals surface area contributed by atoms with Crippen LogP contribution in [0.2, 0.25) is 5.02 Å². The summed E-state index contributed by atoms with van der Waals surface area (Å²) in [5.41, 5.74) is 5.70. The Bertz CT molecular complexity index is 1900. The van der Waals surface area contributed by atoms with Crippen molar-refractivity contribution in [2.75, 3.05) is 10.6 Å². The molecular weight excluding hydrogens is 561 g/mol. The average Bonchev–Trinajstić information content (AvgIpc) is 3.54. The third kappa shape index (κ3) is 5.89. The van der Waals surface area contributed by atoms with E-state index in [1.165, 1.54) is 12.1 Å². The summed E-state index contributed by atoms with van der Waals surface area (Å²) in [6.45, 7) is 2.09. The first kappa shape index (κ1) is 27.9. The van der Waals surface area contributed by atoms with E-state index in [-0.39, 0.29) is 11.9 Å². The number of halogens is 2. The number of anilines is 2. The molecule has 0 unspecified atom stereocenters. The maximum absolute atomic E-state index is 13.9. The number of nitrogens with one attached hydrogen (secondary N) is 2. The van der Waals surface area contributed by atoms with Crippen LogP contribution in [0.15, 0.2) is 109 Å². The van der Waals surface area contributed by atoms with Gasteiger partial charge in [0.05, 0.1) is 45.8 Å². The summed E-state index contributed by atoms with van der Waals surface area (Å²) < 4.78 is 15.6. The van der Waals surface area contributed by atoms with Gasteiger partial charge >= 0.3 is 0 Å². The summed E-state index contributed by atoms with van der Waals surface area (Å²) in [7, 11) is 0. The zero-order chi connectivity index (χ0) is 29.8. The number of para-hydroxylation sites is 1. The van der Waals surface area contributed by atoms with Gasteiger partial charge in [-0.2, -0.15) is 5.26 Å². The van der Waals surface area contributed by atoms with E-state index in [0.717, 1.165) is 23.2 Å². The van der Waals surface area contributed by atoms with Crippen LogP contribution in [-0.2, 0) is 0 Å². The van der Waals surface area contributed by atoms with Crippen LogP contribution in [-0.4, -0.2) is 20.0 Å². The molecule has 4 aromatic carbocycles. The van der Waals surface area contributed by atoms with Crippen LogP contribution in [0.3, 0.4) is 0 Å². The third-order valence-corrected chi connectivity index (χ3v) is 7.60. The maximum atomic E-state index is 13.9. The lowest BCUT2D eigenvalue weighted by molar-refractivity contribution is 0.626. The van der Waals surface area contributed by atoms with Crippen molar-refractivity contribution in [3.63, 3.8) is 0 Å². The van der Waals surface area contributed by atoms with Gasteiger partial charge in [0.2, 0.25) is 0 Å². The molecule has 0 bridgehead atoms. The van der Waals surface area contributed by atoms with E-state index in [1.807, 2.05) is 60.8 Å². The Morgan fingerprint density at radius 3 is 2.35 bits per heavy atom. The Hall–Kier alpha value is -5.26. The molecule has 6 rings (SSSR count). The highest BCUT2D eigenvalue weighted by Crippen LogP contribution is 2.37. The van der Waals surface area contributed by atoms with Gasteiger partial charge in [-0.15, -0.1) is 5.10 Å². The standard InChI is InChI=1S/C34H27ClFN7/c1-2-30(22-9-5-3-6-10-22)40-32-24(19-37)20-38-34-28(32)17-26(18-29(34)35)39-33(23-13-15-25(36)16-14-23)31-21-43(42-41-31)27-11-7-4-8-12-27/h3-18,20-21,30,33,39H,2H2,1H3,(H,38,40)/t30-,33+/m1/s1. The summed E-state index contributed by atoms with van der Waals surface area (Å²) in [4.78, 5) is 4.51. The smallest absolute Gasteiger partial charge is 0.123 e. The first-order valence-corrected chi connectivity index (χ1v) is 14.3. The van der Waals surface area contributed by atoms with Gasteiger partial charge in [-0.05, 0) is 53.9 Å². The molecule has 2 atom stereocenters. The number of hydrogen-bond donors (Lipinski definition) is 2.